The Labute approximate surface area is 96.3 Å². The molecule has 0 spiro atoms. The highest BCUT2D eigenvalue weighted by molar-refractivity contribution is 5.94. The van der Waals surface area contributed by atoms with Crippen molar-refractivity contribution in [2.24, 2.45) is 0 Å². The summed E-state index contributed by atoms with van der Waals surface area (Å²) in [6.07, 6.45) is 2.62. The van der Waals surface area contributed by atoms with Gasteiger partial charge in [0.15, 0.2) is 0 Å². The summed E-state index contributed by atoms with van der Waals surface area (Å²) in [7, 11) is 0. The molecule has 92 valence electrons. The second kappa shape index (κ2) is 7.91. The molecular weight excluding hydrogens is 208 g/mol. The van der Waals surface area contributed by atoms with E-state index in [1.54, 1.807) is 13.8 Å². The van der Waals surface area contributed by atoms with Crippen LogP contribution in [0.15, 0.2) is 11.1 Å². The Bertz CT molecular complexity index is 275. The van der Waals surface area contributed by atoms with Crippen LogP contribution in [0.1, 0.15) is 46.5 Å². The Kier molecular flexibility index (Phi) is 7.25. The molecule has 0 rings (SSSR count). The highest BCUT2D eigenvalue weighted by Crippen LogP contribution is 2.11. The Hall–Kier alpha value is -1.32. The summed E-state index contributed by atoms with van der Waals surface area (Å²) in [5, 5.41) is 8.65. The number of carbonyl (C=O) groups is 2. The van der Waals surface area contributed by atoms with Crippen molar-refractivity contribution in [3.05, 3.63) is 11.1 Å². The minimum atomic E-state index is -1.01. The van der Waals surface area contributed by atoms with Crippen LogP contribution in [0.5, 0.6) is 0 Å². The van der Waals surface area contributed by atoms with Crippen LogP contribution in [0.25, 0.3) is 0 Å². The number of hydrogen-bond donors (Lipinski definition) is 1. The van der Waals surface area contributed by atoms with E-state index < -0.39 is 11.9 Å². The molecule has 0 atom stereocenters. The average molecular weight is 228 g/mol. The van der Waals surface area contributed by atoms with Gasteiger partial charge >= 0.3 is 11.9 Å². The normalized spacial score (nSPS) is 9.69. The summed E-state index contributed by atoms with van der Waals surface area (Å²) in [4.78, 5) is 22.1. The van der Waals surface area contributed by atoms with Gasteiger partial charge in [0.2, 0.25) is 0 Å². The van der Waals surface area contributed by atoms with E-state index in [4.69, 9.17) is 9.84 Å². The first-order valence-corrected chi connectivity index (χ1v) is 5.54. The SMILES string of the molecule is CCCCCOC(=O)C(CC(=O)O)=C(C)C. The third-order valence-electron chi connectivity index (χ3n) is 2.16. The van der Waals surface area contributed by atoms with E-state index in [1.807, 2.05) is 0 Å². The van der Waals surface area contributed by atoms with Crippen LogP contribution in [-0.2, 0) is 14.3 Å². The minimum Gasteiger partial charge on any atom is -0.481 e. The maximum atomic E-state index is 11.5. The molecule has 0 unspecified atom stereocenters. The summed E-state index contributed by atoms with van der Waals surface area (Å²) in [6.45, 7) is 5.86. The van der Waals surface area contributed by atoms with Crippen LogP contribution in [0, 0.1) is 0 Å². The molecule has 0 heterocycles. The lowest BCUT2D eigenvalue weighted by molar-refractivity contribution is -0.143. The van der Waals surface area contributed by atoms with Crippen molar-refractivity contribution in [3.8, 4) is 0 Å². The van der Waals surface area contributed by atoms with Crippen molar-refractivity contribution in [1.29, 1.82) is 0 Å². The third kappa shape index (κ3) is 6.22. The number of carboxylic acid groups (broad SMARTS) is 1. The van der Waals surface area contributed by atoms with Gasteiger partial charge in [0, 0.05) is 5.57 Å². The van der Waals surface area contributed by atoms with Gasteiger partial charge in [-0.1, -0.05) is 25.3 Å². The highest BCUT2D eigenvalue weighted by Gasteiger charge is 2.15. The Morgan fingerprint density at radius 3 is 2.25 bits per heavy atom. The average Bonchev–Trinajstić information content (AvgIpc) is 2.20. The quantitative estimate of drug-likeness (QED) is 0.413. The predicted molar refractivity (Wildman–Crippen MR) is 61.1 cm³/mol. The maximum absolute atomic E-state index is 11.5. The molecule has 0 aromatic carbocycles. The number of carboxylic acids is 1. The second-order valence-corrected chi connectivity index (χ2v) is 3.89. The zero-order chi connectivity index (χ0) is 12.6. The van der Waals surface area contributed by atoms with Gasteiger partial charge in [-0.2, -0.15) is 0 Å². The number of ether oxygens (including phenoxy) is 1. The molecule has 0 amide bonds. The van der Waals surface area contributed by atoms with E-state index in [9.17, 15) is 9.59 Å². The number of allylic oxidation sites excluding steroid dienone is 1. The first-order chi connectivity index (χ1) is 7.49. The lowest BCUT2D eigenvalue weighted by Gasteiger charge is -2.08. The Balaban J connectivity index is 4.20. The molecule has 0 fully saturated rings. The molecule has 0 aliphatic rings. The maximum Gasteiger partial charge on any atom is 0.334 e. The van der Waals surface area contributed by atoms with Gasteiger partial charge in [-0.3, -0.25) is 4.79 Å². The lowest BCUT2D eigenvalue weighted by atomic mass is 10.1. The van der Waals surface area contributed by atoms with E-state index in [0.29, 0.717) is 12.2 Å². The standard InChI is InChI=1S/C12H20O4/c1-4-5-6-7-16-12(15)10(9(2)3)8-11(13)14/h4-8H2,1-3H3,(H,13,14). The van der Waals surface area contributed by atoms with Crippen molar-refractivity contribution in [1.82, 2.24) is 0 Å². The van der Waals surface area contributed by atoms with E-state index in [1.165, 1.54) is 0 Å². The van der Waals surface area contributed by atoms with Crippen LogP contribution < -0.4 is 0 Å². The van der Waals surface area contributed by atoms with Crippen molar-refractivity contribution < 1.29 is 19.4 Å². The molecule has 16 heavy (non-hydrogen) atoms. The first kappa shape index (κ1) is 14.7. The van der Waals surface area contributed by atoms with Gasteiger partial charge in [0.05, 0.1) is 13.0 Å². The van der Waals surface area contributed by atoms with Gasteiger partial charge in [0.1, 0.15) is 0 Å². The fourth-order valence-electron chi connectivity index (χ4n) is 1.21. The number of rotatable bonds is 7. The summed E-state index contributed by atoms with van der Waals surface area (Å²) < 4.78 is 5.01. The van der Waals surface area contributed by atoms with Crippen LogP contribution in [0.4, 0.5) is 0 Å². The fourth-order valence-corrected chi connectivity index (χ4v) is 1.21. The van der Waals surface area contributed by atoms with Crippen LogP contribution in [-0.4, -0.2) is 23.7 Å². The summed E-state index contributed by atoms with van der Waals surface area (Å²) >= 11 is 0. The second-order valence-electron chi connectivity index (χ2n) is 3.89. The smallest absolute Gasteiger partial charge is 0.334 e. The van der Waals surface area contributed by atoms with Crippen molar-refractivity contribution >= 4 is 11.9 Å². The third-order valence-corrected chi connectivity index (χ3v) is 2.16. The topological polar surface area (TPSA) is 63.6 Å². The molecule has 0 aliphatic carbocycles. The fraction of sp³-hybridized carbons (Fsp3) is 0.667. The number of esters is 1. The van der Waals surface area contributed by atoms with E-state index in [0.717, 1.165) is 19.3 Å². The zero-order valence-corrected chi connectivity index (χ0v) is 10.2. The number of aliphatic carboxylic acids is 1. The molecule has 0 aliphatic heterocycles. The van der Waals surface area contributed by atoms with Gasteiger partial charge in [-0.05, 0) is 20.3 Å². The molecule has 4 nitrogen and oxygen atoms in total. The van der Waals surface area contributed by atoms with Crippen LogP contribution in [0.2, 0.25) is 0 Å². The minimum absolute atomic E-state index is 0.254. The number of unbranched alkanes of at least 4 members (excludes halogenated alkanes) is 2. The summed E-state index contributed by atoms with van der Waals surface area (Å²) in [5.41, 5.74) is 0.951. The van der Waals surface area contributed by atoms with Gasteiger partial charge in [-0.25, -0.2) is 4.79 Å². The molecule has 0 aromatic rings. The van der Waals surface area contributed by atoms with Crippen molar-refractivity contribution in [3.63, 3.8) is 0 Å². The van der Waals surface area contributed by atoms with E-state index in [2.05, 4.69) is 6.92 Å². The van der Waals surface area contributed by atoms with Crippen LogP contribution in [0.3, 0.4) is 0 Å². The van der Waals surface area contributed by atoms with Gasteiger partial charge < -0.3 is 9.84 Å². The van der Waals surface area contributed by atoms with E-state index in [-0.39, 0.29) is 12.0 Å². The molecule has 4 heteroatoms. The van der Waals surface area contributed by atoms with Crippen molar-refractivity contribution in [2.45, 2.75) is 46.5 Å². The summed E-state index contributed by atoms with van der Waals surface area (Å²) in [6, 6.07) is 0. The zero-order valence-electron chi connectivity index (χ0n) is 10.2. The Morgan fingerprint density at radius 2 is 1.81 bits per heavy atom. The molecule has 0 saturated carbocycles. The molecule has 1 N–H and O–H groups in total. The highest BCUT2D eigenvalue weighted by atomic mass is 16.5. The van der Waals surface area contributed by atoms with Gasteiger partial charge in [0.25, 0.3) is 0 Å². The van der Waals surface area contributed by atoms with Crippen LogP contribution >= 0.6 is 0 Å². The van der Waals surface area contributed by atoms with E-state index >= 15 is 0 Å². The van der Waals surface area contributed by atoms with Crippen molar-refractivity contribution in [2.75, 3.05) is 6.61 Å². The van der Waals surface area contributed by atoms with Gasteiger partial charge in [-0.15, -0.1) is 0 Å². The summed E-state index contributed by atoms with van der Waals surface area (Å²) in [5.74, 6) is -1.51. The molecule has 0 radical (unpaired) electrons. The molecule has 0 aromatic heterocycles. The molecule has 0 bridgehead atoms. The molecule has 0 saturated heterocycles. The lowest BCUT2D eigenvalue weighted by Crippen LogP contribution is -2.13. The molecular formula is C12H20O4. The monoisotopic (exact) mass is 228 g/mol. The first-order valence-electron chi connectivity index (χ1n) is 5.54. The predicted octanol–water partition coefficient (Wildman–Crippen LogP) is 2.53. The number of carbonyl (C=O) groups excluding carboxylic acids is 1. The number of hydrogen-bond acceptors (Lipinski definition) is 3. The Morgan fingerprint density at radius 1 is 1.19 bits per heavy atom. The largest absolute Gasteiger partial charge is 0.481 e.